The molecule has 1 aromatic carbocycles. The molecule has 1 saturated carbocycles. The molecular weight excluding hydrogens is 445 g/mol. The summed E-state index contributed by atoms with van der Waals surface area (Å²) in [5.74, 6) is 2.46. The highest BCUT2D eigenvalue weighted by Crippen LogP contribution is 2.64. The second-order valence-electron chi connectivity index (χ2n) is 9.15. The van der Waals surface area contributed by atoms with Gasteiger partial charge >= 0.3 is 0 Å². The lowest BCUT2D eigenvalue weighted by atomic mass is 9.94. The zero-order chi connectivity index (χ0) is 22.3. The molecular formula is C24H27Cl2N5O. The van der Waals surface area contributed by atoms with E-state index in [9.17, 15) is 4.79 Å². The molecule has 2 aromatic heterocycles. The molecule has 0 spiro atoms. The SMILES string of the molecule is CC1(C(=O)N2CCC(c3nccn3Cc3nccn3Cc3ccccc3)CC2)CC1(Cl)Cl. The molecule has 3 aromatic rings. The molecule has 2 fully saturated rings. The van der Waals surface area contributed by atoms with E-state index in [1.54, 1.807) is 0 Å². The standard InChI is InChI=1S/C24H27Cl2N5O/c1-23(17-24(23,25)26)22(32)29-11-7-19(8-12-29)21-28-10-14-31(21)16-20-27-9-13-30(20)15-18-5-3-2-4-6-18/h2-6,9-10,13-14,19H,7-8,11-12,15-17H2,1H3. The van der Waals surface area contributed by atoms with Gasteiger partial charge < -0.3 is 14.0 Å². The Kier molecular flexibility index (Phi) is 5.54. The zero-order valence-corrected chi connectivity index (χ0v) is 19.6. The predicted molar refractivity (Wildman–Crippen MR) is 125 cm³/mol. The van der Waals surface area contributed by atoms with Crippen molar-refractivity contribution in [1.82, 2.24) is 24.0 Å². The molecule has 0 bridgehead atoms. The number of piperidine rings is 1. The maximum Gasteiger partial charge on any atom is 0.231 e. The van der Waals surface area contributed by atoms with Crippen molar-refractivity contribution >= 4 is 29.1 Å². The molecule has 2 aliphatic rings. The van der Waals surface area contributed by atoms with Crippen LogP contribution in [0.25, 0.3) is 0 Å². The third kappa shape index (κ3) is 3.95. The molecule has 32 heavy (non-hydrogen) atoms. The van der Waals surface area contributed by atoms with Crippen molar-refractivity contribution in [3.05, 3.63) is 72.3 Å². The minimum atomic E-state index is -0.918. The highest BCUT2D eigenvalue weighted by Gasteiger charge is 2.68. The lowest BCUT2D eigenvalue weighted by Gasteiger charge is -2.34. The van der Waals surface area contributed by atoms with Gasteiger partial charge in [-0.25, -0.2) is 9.97 Å². The minimum absolute atomic E-state index is 0.0761. The van der Waals surface area contributed by atoms with Crippen molar-refractivity contribution in [3.63, 3.8) is 0 Å². The highest BCUT2D eigenvalue weighted by molar-refractivity contribution is 6.53. The van der Waals surface area contributed by atoms with Crippen LogP contribution in [0.3, 0.4) is 0 Å². The number of hydrogen-bond acceptors (Lipinski definition) is 3. The largest absolute Gasteiger partial charge is 0.342 e. The van der Waals surface area contributed by atoms with E-state index in [-0.39, 0.29) is 5.91 Å². The van der Waals surface area contributed by atoms with Crippen molar-refractivity contribution < 1.29 is 4.79 Å². The average Bonchev–Trinajstić information content (AvgIpc) is 3.19. The van der Waals surface area contributed by atoms with E-state index in [2.05, 4.69) is 43.4 Å². The summed E-state index contributed by atoms with van der Waals surface area (Å²) in [5.41, 5.74) is 0.606. The summed E-state index contributed by atoms with van der Waals surface area (Å²) in [7, 11) is 0. The fourth-order valence-electron chi connectivity index (χ4n) is 4.70. The lowest BCUT2D eigenvalue weighted by Crippen LogP contribution is -2.43. The van der Waals surface area contributed by atoms with Crippen molar-refractivity contribution in [2.24, 2.45) is 5.41 Å². The molecule has 1 saturated heterocycles. The number of hydrogen-bond donors (Lipinski definition) is 0. The van der Waals surface area contributed by atoms with Gasteiger partial charge in [0.1, 0.15) is 16.0 Å². The Hall–Kier alpha value is -2.31. The van der Waals surface area contributed by atoms with Crippen LogP contribution in [0.1, 0.15) is 49.3 Å². The maximum absolute atomic E-state index is 12.9. The molecule has 3 heterocycles. The van der Waals surface area contributed by atoms with E-state index < -0.39 is 9.75 Å². The number of rotatable bonds is 6. The van der Waals surface area contributed by atoms with Crippen molar-refractivity contribution in [3.8, 4) is 0 Å². The second kappa shape index (κ2) is 8.23. The quantitative estimate of drug-likeness (QED) is 0.498. The van der Waals surface area contributed by atoms with Gasteiger partial charge in [-0.1, -0.05) is 30.3 Å². The van der Waals surface area contributed by atoms with E-state index in [0.29, 0.717) is 32.0 Å². The average molecular weight is 472 g/mol. The lowest BCUT2D eigenvalue weighted by molar-refractivity contribution is -0.137. The molecule has 8 heteroatoms. The zero-order valence-electron chi connectivity index (χ0n) is 18.1. The van der Waals surface area contributed by atoms with Crippen LogP contribution in [0, 0.1) is 5.41 Å². The molecule has 0 N–H and O–H groups in total. The van der Waals surface area contributed by atoms with Gasteiger partial charge in [-0.3, -0.25) is 4.79 Å². The normalized spacial score (nSPS) is 22.8. The Morgan fingerprint density at radius 3 is 2.38 bits per heavy atom. The van der Waals surface area contributed by atoms with E-state index in [0.717, 1.165) is 31.0 Å². The first kappa shape index (κ1) is 21.5. The molecule has 5 rings (SSSR count). The first-order valence-electron chi connectivity index (χ1n) is 11.1. The Morgan fingerprint density at radius 2 is 1.69 bits per heavy atom. The van der Waals surface area contributed by atoms with Crippen LogP contribution in [0.4, 0.5) is 0 Å². The smallest absolute Gasteiger partial charge is 0.231 e. The van der Waals surface area contributed by atoms with Gasteiger partial charge in [-0.2, -0.15) is 0 Å². The van der Waals surface area contributed by atoms with Gasteiger partial charge in [0.15, 0.2) is 0 Å². The number of nitrogens with zero attached hydrogens (tertiary/aromatic N) is 5. The van der Waals surface area contributed by atoms with E-state index >= 15 is 0 Å². The number of halogens is 2. The Morgan fingerprint density at radius 1 is 1.03 bits per heavy atom. The third-order valence-electron chi connectivity index (χ3n) is 6.93. The summed E-state index contributed by atoms with van der Waals surface area (Å²) < 4.78 is 3.46. The number of imidazole rings is 2. The van der Waals surface area contributed by atoms with Gasteiger partial charge in [0.05, 0.1) is 12.0 Å². The van der Waals surface area contributed by atoms with Gasteiger partial charge in [0.2, 0.25) is 5.91 Å². The van der Waals surface area contributed by atoms with Crippen LogP contribution in [0.5, 0.6) is 0 Å². The van der Waals surface area contributed by atoms with E-state index in [4.69, 9.17) is 23.2 Å². The number of aromatic nitrogens is 4. The Labute approximate surface area is 198 Å². The number of amides is 1. The van der Waals surface area contributed by atoms with Gasteiger partial charge in [0.25, 0.3) is 0 Å². The van der Waals surface area contributed by atoms with Crippen LogP contribution in [-0.2, 0) is 17.9 Å². The van der Waals surface area contributed by atoms with Gasteiger partial charge in [-0.05, 0) is 31.7 Å². The molecule has 6 nitrogen and oxygen atoms in total. The first-order valence-corrected chi connectivity index (χ1v) is 11.9. The summed E-state index contributed by atoms with van der Waals surface area (Å²) in [4.78, 5) is 24.1. The van der Waals surface area contributed by atoms with Gasteiger partial charge in [-0.15, -0.1) is 23.2 Å². The Balaban J connectivity index is 1.24. The maximum atomic E-state index is 12.9. The van der Waals surface area contributed by atoms with Gasteiger partial charge in [0, 0.05) is 50.3 Å². The van der Waals surface area contributed by atoms with Crippen LogP contribution in [0.2, 0.25) is 0 Å². The number of alkyl halides is 2. The predicted octanol–water partition coefficient (Wildman–Crippen LogP) is 4.47. The van der Waals surface area contributed by atoms with Crippen LogP contribution in [-0.4, -0.2) is 47.3 Å². The van der Waals surface area contributed by atoms with E-state index in [1.807, 2.05) is 42.7 Å². The summed E-state index contributed by atoms with van der Waals surface area (Å²) >= 11 is 12.4. The highest BCUT2D eigenvalue weighted by atomic mass is 35.5. The van der Waals surface area contributed by atoms with Crippen molar-refractivity contribution in [2.75, 3.05) is 13.1 Å². The molecule has 1 unspecified atom stereocenters. The second-order valence-corrected chi connectivity index (χ2v) is 10.6. The summed E-state index contributed by atoms with van der Waals surface area (Å²) in [5, 5.41) is 0. The molecule has 0 radical (unpaired) electrons. The fraction of sp³-hybridized carbons (Fsp3) is 0.458. The first-order chi connectivity index (χ1) is 15.4. The summed E-state index contributed by atoms with van der Waals surface area (Å²) in [6.07, 6.45) is 10.1. The van der Waals surface area contributed by atoms with Crippen LogP contribution < -0.4 is 0 Å². The molecule has 1 aliphatic heterocycles. The van der Waals surface area contributed by atoms with E-state index in [1.165, 1.54) is 5.56 Å². The topological polar surface area (TPSA) is 56.0 Å². The number of likely N-dealkylation sites (tertiary alicyclic amines) is 1. The monoisotopic (exact) mass is 471 g/mol. The summed E-state index contributed by atoms with van der Waals surface area (Å²) in [6.45, 7) is 4.75. The molecule has 1 aliphatic carbocycles. The molecule has 1 amide bonds. The van der Waals surface area contributed by atoms with Crippen LogP contribution >= 0.6 is 23.2 Å². The van der Waals surface area contributed by atoms with Crippen molar-refractivity contribution in [2.45, 2.75) is 49.5 Å². The molecule has 1 atom stereocenters. The minimum Gasteiger partial charge on any atom is -0.342 e. The summed E-state index contributed by atoms with van der Waals surface area (Å²) in [6, 6.07) is 10.4. The van der Waals surface area contributed by atoms with Crippen LogP contribution in [0.15, 0.2) is 55.1 Å². The number of carbonyl (C=O) groups is 1. The number of benzene rings is 1. The fourth-order valence-corrected chi connectivity index (χ4v) is 5.40. The molecule has 168 valence electrons. The number of carbonyl (C=O) groups excluding carboxylic acids is 1. The third-order valence-corrected chi connectivity index (χ3v) is 8.04. The Bertz CT molecular complexity index is 1100. The van der Waals surface area contributed by atoms with Crippen molar-refractivity contribution in [1.29, 1.82) is 0 Å².